The summed E-state index contributed by atoms with van der Waals surface area (Å²) >= 11 is 0. The monoisotopic (exact) mass is 347 g/mol. The molecule has 0 saturated carbocycles. The number of ether oxygens (including phenoxy) is 2. The van der Waals surface area contributed by atoms with Crippen molar-refractivity contribution in [3.63, 3.8) is 0 Å². The highest BCUT2D eigenvalue weighted by atomic mass is 32.2. The van der Waals surface area contributed by atoms with Crippen molar-refractivity contribution in [2.24, 2.45) is 0 Å². The Hall–Kier alpha value is -2.34. The summed E-state index contributed by atoms with van der Waals surface area (Å²) in [4.78, 5) is 13.0. The number of methoxy groups -OCH3 is 2. The van der Waals surface area contributed by atoms with E-state index in [1.807, 2.05) is 19.1 Å². The first-order valence-corrected chi connectivity index (χ1v) is 8.89. The second kappa shape index (κ2) is 8.49. The van der Waals surface area contributed by atoms with Crippen molar-refractivity contribution in [1.29, 1.82) is 0 Å². The zero-order chi connectivity index (χ0) is 17.5. The van der Waals surface area contributed by atoms with Crippen molar-refractivity contribution in [2.45, 2.75) is 18.4 Å². The topological polar surface area (TPSA) is 64.6 Å². The molecular formula is C18H21NO4S. The van der Waals surface area contributed by atoms with E-state index in [4.69, 9.17) is 9.47 Å². The van der Waals surface area contributed by atoms with Crippen molar-refractivity contribution in [3.8, 4) is 11.5 Å². The SMILES string of the molecule is CC[S@@](=O)c1ccccc1C(=O)NCc1ccc(OC)c(OC)c1. The van der Waals surface area contributed by atoms with Gasteiger partial charge in [0.15, 0.2) is 11.5 Å². The molecule has 1 amide bonds. The highest BCUT2D eigenvalue weighted by Crippen LogP contribution is 2.27. The van der Waals surface area contributed by atoms with Gasteiger partial charge in [0, 0.05) is 12.3 Å². The molecule has 128 valence electrons. The average molecular weight is 347 g/mol. The van der Waals surface area contributed by atoms with Crippen LogP contribution in [0.2, 0.25) is 0 Å². The van der Waals surface area contributed by atoms with Crippen LogP contribution in [-0.2, 0) is 17.3 Å². The molecule has 0 fully saturated rings. The molecule has 0 heterocycles. The average Bonchev–Trinajstić information content (AvgIpc) is 2.65. The lowest BCUT2D eigenvalue weighted by Crippen LogP contribution is -2.24. The predicted octanol–water partition coefficient (Wildman–Crippen LogP) is 2.76. The van der Waals surface area contributed by atoms with Gasteiger partial charge in [0.25, 0.3) is 5.91 Å². The van der Waals surface area contributed by atoms with Crippen molar-refractivity contribution in [2.75, 3.05) is 20.0 Å². The molecule has 0 aliphatic heterocycles. The molecule has 0 saturated heterocycles. The van der Waals surface area contributed by atoms with Crippen LogP contribution in [0.15, 0.2) is 47.4 Å². The number of nitrogens with one attached hydrogen (secondary N) is 1. The molecule has 0 bridgehead atoms. The van der Waals surface area contributed by atoms with E-state index in [0.717, 1.165) is 5.56 Å². The molecule has 0 unspecified atom stereocenters. The smallest absolute Gasteiger partial charge is 0.252 e. The fourth-order valence-corrected chi connectivity index (χ4v) is 3.22. The number of amides is 1. The summed E-state index contributed by atoms with van der Waals surface area (Å²) in [7, 11) is 1.96. The highest BCUT2D eigenvalue weighted by Gasteiger charge is 2.14. The van der Waals surface area contributed by atoms with Crippen LogP contribution in [0.1, 0.15) is 22.8 Å². The first kappa shape index (κ1) is 18.0. The highest BCUT2D eigenvalue weighted by molar-refractivity contribution is 7.85. The van der Waals surface area contributed by atoms with Gasteiger partial charge >= 0.3 is 0 Å². The van der Waals surface area contributed by atoms with Crippen LogP contribution in [0, 0.1) is 0 Å². The van der Waals surface area contributed by atoms with E-state index in [0.29, 0.717) is 34.3 Å². The molecule has 0 radical (unpaired) electrons. The van der Waals surface area contributed by atoms with Gasteiger partial charge in [-0.3, -0.25) is 9.00 Å². The van der Waals surface area contributed by atoms with Crippen molar-refractivity contribution < 1.29 is 18.5 Å². The number of carbonyl (C=O) groups excluding carboxylic acids is 1. The largest absolute Gasteiger partial charge is 0.493 e. The zero-order valence-electron chi connectivity index (χ0n) is 14.0. The van der Waals surface area contributed by atoms with Crippen LogP contribution in [0.3, 0.4) is 0 Å². The minimum Gasteiger partial charge on any atom is -0.493 e. The molecule has 2 aromatic rings. The number of hydrogen-bond donors (Lipinski definition) is 1. The first-order valence-electron chi connectivity index (χ1n) is 7.57. The molecule has 1 atom stereocenters. The zero-order valence-corrected chi connectivity index (χ0v) is 14.8. The normalized spacial score (nSPS) is 11.6. The van der Waals surface area contributed by atoms with Gasteiger partial charge in [-0.15, -0.1) is 0 Å². The Morgan fingerprint density at radius 2 is 1.79 bits per heavy atom. The standard InChI is InChI=1S/C18H21NO4S/c1-4-24(21)17-8-6-5-7-14(17)18(20)19-12-13-9-10-15(22-2)16(11-13)23-3/h5-11H,4,12H2,1-3H3,(H,19,20)/t24-/m1/s1. The predicted molar refractivity (Wildman–Crippen MR) is 94.1 cm³/mol. The van der Waals surface area contributed by atoms with Crippen molar-refractivity contribution in [3.05, 3.63) is 53.6 Å². The van der Waals surface area contributed by atoms with Crippen molar-refractivity contribution >= 4 is 16.7 Å². The quantitative estimate of drug-likeness (QED) is 0.836. The fourth-order valence-electron chi connectivity index (χ4n) is 2.28. The molecule has 6 heteroatoms. The first-order chi connectivity index (χ1) is 11.6. The second-order valence-electron chi connectivity index (χ2n) is 5.00. The Morgan fingerprint density at radius 1 is 1.08 bits per heavy atom. The van der Waals surface area contributed by atoms with Gasteiger partial charge in [0.2, 0.25) is 0 Å². The van der Waals surface area contributed by atoms with Crippen LogP contribution in [0.25, 0.3) is 0 Å². The van der Waals surface area contributed by atoms with E-state index in [2.05, 4.69) is 5.32 Å². The van der Waals surface area contributed by atoms with Gasteiger partial charge < -0.3 is 14.8 Å². The van der Waals surface area contributed by atoms with Crippen LogP contribution in [0.4, 0.5) is 0 Å². The van der Waals surface area contributed by atoms with Crippen LogP contribution >= 0.6 is 0 Å². The number of hydrogen-bond acceptors (Lipinski definition) is 4. The van der Waals surface area contributed by atoms with Crippen molar-refractivity contribution in [1.82, 2.24) is 5.32 Å². The number of rotatable bonds is 7. The molecular weight excluding hydrogens is 326 g/mol. The Balaban J connectivity index is 2.13. The Bertz CT molecular complexity index is 746. The second-order valence-corrected chi connectivity index (χ2v) is 6.71. The molecule has 2 rings (SSSR count). The summed E-state index contributed by atoms with van der Waals surface area (Å²) in [6, 6.07) is 12.4. The van der Waals surface area contributed by atoms with Gasteiger partial charge in [-0.2, -0.15) is 0 Å². The van der Waals surface area contributed by atoms with Crippen LogP contribution < -0.4 is 14.8 Å². The Kier molecular flexibility index (Phi) is 6.37. The fraction of sp³-hybridized carbons (Fsp3) is 0.278. The van der Waals surface area contributed by atoms with E-state index in [1.54, 1.807) is 44.6 Å². The maximum Gasteiger partial charge on any atom is 0.252 e. The Morgan fingerprint density at radius 3 is 2.46 bits per heavy atom. The molecule has 0 aliphatic carbocycles. The van der Waals surface area contributed by atoms with E-state index < -0.39 is 10.8 Å². The van der Waals surface area contributed by atoms with Crippen LogP contribution in [0.5, 0.6) is 11.5 Å². The molecule has 0 aromatic heterocycles. The molecule has 2 aromatic carbocycles. The lowest BCUT2D eigenvalue weighted by atomic mass is 10.1. The molecule has 1 N–H and O–H groups in total. The third kappa shape index (κ3) is 4.14. The van der Waals surface area contributed by atoms with E-state index in [-0.39, 0.29) is 5.91 Å². The van der Waals surface area contributed by atoms with Gasteiger partial charge in [-0.05, 0) is 29.8 Å². The van der Waals surface area contributed by atoms with Crippen LogP contribution in [-0.4, -0.2) is 30.1 Å². The minimum atomic E-state index is -1.18. The Labute approximate surface area is 144 Å². The maximum atomic E-state index is 12.4. The molecule has 24 heavy (non-hydrogen) atoms. The van der Waals surface area contributed by atoms with Gasteiger partial charge in [0.05, 0.1) is 35.5 Å². The summed E-state index contributed by atoms with van der Waals surface area (Å²) in [5.41, 5.74) is 1.33. The lowest BCUT2D eigenvalue weighted by molar-refractivity contribution is 0.0948. The molecule has 5 nitrogen and oxygen atoms in total. The number of benzene rings is 2. The van der Waals surface area contributed by atoms with E-state index in [1.165, 1.54) is 0 Å². The third-order valence-corrected chi connectivity index (χ3v) is 4.91. The summed E-state index contributed by atoms with van der Waals surface area (Å²) in [6.07, 6.45) is 0. The van der Waals surface area contributed by atoms with Gasteiger partial charge in [-0.25, -0.2) is 0 Å². The number of carbonyl (C=O) groups is 1. The molecule has 0 aliphatic rings. The maximum absolute atomic E-state index is 12.4. The lowest BCUT2D eigenvalue weighted by Gasteiger charge is -2.11. The van der Waals surface area contributed by atoms with E-state index >= 15 is 0 Å². The van der Waals surface area contributed by atoms with Gasteiger partial charge in [-0.1, -0.05) is 25.1 Å². The summed E-state index contributed by atoms with van der Waals surface area (Å²) in [5.74, 6) is 1.47. The molecule has 0 spiro atoms. The summed E-state index contributed by atoms with van der Waals surface area (Å²) < 4.78 is 22.5. The summed E-state index contributed by atoms with van der Waals surface area (Å²) in [6.45, 7) is 2.17. The third-order valence-electron chi connectivity index (χ3n) is 3.54. The minimum absolute atomic E-state index is 0.248. The van der Waals surface area contributed by atoms with E-state index in [9.17, 15) is 9.00 Å². The summed E-state index contributed by atoms with van der Waals surface area (Å²) in [5, 5.41) is 2.85. The van der Waals surface area contributed by atoms with Gasteiger partial charge in [0.1, 0.15) is 0 Å².